The zero-order valence-electron chi connectivity index (χ0n) is 32.6. The Morgan fingerprint density at radius 1 is 0.309 bits per heavy atom. The lowest BCUT2D eigenvalue weighted by atomic mass is 9.88. The van der Waals surface area contributed by atoms with Crippen LogP contribution in [0.25, 0.3) is 22.3 Å². The van der Waals surface area contributed by atoms with E-state index in [0.29, 0.717) is 68.7 Å². The van der Waals surface area contributed by atoms with Crippen molar-refractivity contribution in [1.82, 2.24) is 4.90 Å². The second-order valence-electron chi connectivity index (χ2n) is 15.8. The summed E-state index contributed by atoms with van der Waals surface area (Å²) >= 11 is 0. The first kappa shape index (κ1) is 37.4. The molecule has 6 N–H and O–H groups in total. The molecule has 1 heterocycles. The Balaban J connectivity index is 1.46. The van der Waals surface area contributed by atoms with E-state index in [9.17, 15) is 30.6 Å². The summed E-state index contributed by atoms with van der Waals surface area (Å²) in [4.78, 5) is 2.04. The van der Waals surface area contributed by atoms with E-state index < -0.39 is 0 Å². The van der Waals surface area contributed by atoms with E-state index in [4.69, 9.17) is 0 Å². The maximum Gasteiger partial charge on any atom is 0.127 e. The fraction of sp³-hybridized carbons (Fsp3) is 0.250. The number of benzene rings is 6. The Kier molecular flexibility index (Phi) is 9.78. The molecule has 282 valence electrons. The fourth-order valence-corrected chi connectivity index (χ4v) is 8.41. The molecule has 55 heavy (non-hydrogen) atoms. The highest BCUT2D eigenvalue weighted by Gasteiger charge is 2.23. The van der Waals surface area contributed by atoms with Gasteiger partial charge in [-0.15, -0.1) is 0 Å². The number of aryl methyl sites for hydroxylation is 6. The van der Waals surface area contributed by atoms with Crippen molar-refractivity contribution >= 4 is 0 Å². The zero-order valence-corrected chi connectivity index (χ0v) is 32.6. The molecule has 0 atom stereocenters. The van der Waals surface area contributed by atoms with Crippen LogP contribution in [0.1, 0.15) is 77.9 Å². The Morgan fingerprint density at radius 2 is 0.509 bits per heavy atom. The van der Waals surface area contributed by atoms with Crippen molar-refractivity contribution in [2.45, 2.75) is 73.9 Å². The lowest BCUT2D eigenvalue weighted by molar-refractivity contribution is 0.306. The molecule has 0 saturated heterocycles. The number of hydrogen-bond donors (Lipinski definition) is 6. The van der Waals surface area contributed by atoms with Gasteiger partial charge in [-0.05, 0) is 128 Å². The molecule has 0 aliphatic carbocycles. The molecule has 0 amide bonds. The Morgan fingerprint density at radius 3 is 0.764 bits per heavy atom. The van der Waals surface area contributed by atoms with Crippen LogP contribution < -0.4 is 0 Å². The van der Waals surface area contributed by atoms with Gasteiger partial charge in [0.25, 0.3) is 0 Å². The summed E-state index contributed by atoms with van der Waals surface area (Å²) in [5.74, 6) is 0.319. The first-order valence-corrected chi connectivity index (χ1v) is 18.7. The van der Waals surface area contributed by atoms with Crippen molar-refractivity contribution in [1.29, 1.82) is 0 Å². The summed E-state index contributed by atoms with van der Waals surface area (Å²) in [6, 6.07) is 22.8. The molecular formula is C48H49NO6. The van der Waals surface area contributed by atoms with Gasteiger partial charge >= 0.3 is 0 Å². The molecule has 12 bridgehead atoms. The van der Waals surface area contributed by atoms with Crippen molar-refractivity contribution in [3.63, 3.8) is 0 Å². The molecule has 6 aromatic carbocycles. The smallest absolute Gasteiger partial charge is 0.127 e. The van der Waals surface area contributed by atoms with Crippen molar-refractivity contribution in [3.05, 3.63) is 151 Å². The highest BCUT2D eigenvalue weighted by Crippen LogP contribution is 2.46. The summed E-state index contributed by atoms with van der Waals surface area (Å²) in [6.45, 7) is 12.5. The Hall–Kier alpha value is -5.92. The third-order valence-corrected chi connectivity index (χ3v) is 10.8. The van der Waals surface area contributed by atoms with Gasteiger partial charge in [0.15, 0.2) is 0 Å². The Bertz CT molecular complexity index is 2340. The third-order valence-electron chi connectivity index (χ3n) is 10.8. The van der Waals surface area contributed by atoms with E-state index in [2.05, 4.69) is 0 Å². The number of fused-ring (bicyclic) bond motifs is 14. The largest absolute Gasteiger partial charge is 0.507 e. The normalized spacial score (nSPS) is 13.4. The van der Waals surface area contributed by atoms with Crippen LogP contribution in [-0.4, -0.2) is 42.6 Å². The number of phenols is 6. The average molecular weight is 736 g/mol. The van der Waals surface area contributed by atoms with Gasteiger partial charge in [-0.3, -0.25) is 4.90 Å². The number of aromatic hydroxyl groups is 6. The van der Waals surface area contributed by atoms with E-state index >= 15 is 0 Å². The summed E-state index contributed by atoms with van der Waals surface area (Å²) in [5.41, 5.74) is 12.5. The lowest BCUT2D eigenvalue weighted by Gasteiger charge is -2.22. The summed E-state index contributed by atoms with van der Waals surface area (Å²) in [5, 5.41) is 70.7. The van der Waals surface area contributed by atoms with Crippen molar-refractivity contribution in [2.75, 3.05) is 7.05 Å². The molecule has 0 fully saturated rings. The molecular weight excluding hydrogens is 687 g/mol. The highest BCUT2D eigenvalue weighted by atomic mass is 16.3. The molecule has 0 aromatic heterocycles. The van der Waals surface area contributed by atoms with Crippen LogP contribution >= 0.6 is 0 Å². The van der Waals surface area contributed by atoms with Gasteiger partial charge in [0.05, 0.1) is 0 Å². The van der Waals surface area contributed by atoms with Crippen LogP contribution in [0.3, 0.4) is 0 Å². The quantitative estimate of drug-likeness (QED) is 0.0918. The van der Waals surface area contributed by atoms with Gasteiger partial charge in [0, 0.05) is 65.7 Å². The van der Waals surface area contributed by atoms with E-state index in [1.807, 2.05) is 126 Å². The van der Waals surface area contributed by atoms with Crippen molar-refractivity contribution in [3.8, 4) is 56.8 Å². The summed E-state index contributed by atoms with van der Waals surface area (Å²) < 4.78 is 0. The van der Waals surface area contributed by atoms with Crippen molar-refractivity contribution < 1.29 is 30.6 Å². The lowest BCUT2D eigenvalue weighted by Crippen LogP contribution is -2.18. The molecule has 0 unspecified atom stereocenters. The van der Waals surface area contributed by atoms with Crippen LogP contribution in [0.2, 0.25) is 0 Å². The van der Waals surface area contributed by atoms with Gasteiger partial charge in [-0.2, -0.15) is 0 Å². The fourth-order valence-electron chi connectivity index (χ4n) is 8.41. The zero-order chi connectivity index (χ0) is 39.5. The van der Waals surface area contributed by atoms with Gasteiger partial charge in [0.1, 0.15) is 34.5 Å². The van der Waals surface area contributed by atoms with Gasteiger partial charge < -0.3 is 30.6 Å². The SMILES string of the molecule is Cc1cc2c(O)c(c1)CN(C)Cc1cc(C)cc(c1O)Cc1cc(C)cc(c1O)-c1cc(C)cc(c1O)Cc1cc(C)cc(c1O)-c1cc(C)cc(c1O)C2. The first-order valence-electron chi connectivity index (χ1n) is 18.7. The molecule has 0 spiro atoms. The van der Waals surface area contributed by atoms with E-state index in [1.165, 1.54) is 0 Å². The number of hydrogen-bond acceptors (Lipinski definition) is 7. The van der Waals surface area contributed by atoms with Crippen molar-refractivity contribution in [2.24, 2.45) is 0 Å². The van der Waals surface area contributed by atoms with Crippen LogP contribution in [0.5, 0.6) is 34.5 Å². The summed E-state index contributed by atoms with van der Waals surface area (Å²) in [7, 11) is 1.94. The van der Waals surface area contributed by atoms with E-state index in [-0.39, 0.29) is 53.8 Å². The maximum absolute atomic E-state index is 11.9. The third kappa shape index (κ3) is 7.32. The van der Waals surface area contributed by atoms with Gasteiger partial charge in [-0.25, -0.2) is 0 Å². The minimum Gasteiger partial charge on any atom is -0.507 e. The van der Waals surface area contributed by atoms with Gasteiger partial charge in [-0.1, -0.05) is 59.7 Å². The Labute approximate surface area is 323 Å². The first-order chi connectivity index (χ1) is 26.1. The van der Waals surface area contributed by atoms with Crippen LogP contribution in [0.15, 0.2) is 72.8 Å². The van der Waals surface area contributed by atoms with E-state index in [1.54, 1.807) is 0 Å². The number of rotatable bonds is 0. The number of phenolic OH excluding ortho intramolecular Hbond substituents is 6. The summed E-state index contributed by atoms with van der Waals surface area (Å²) in [6.07, 6.45) is 0.714. The molecule has 6 aromatic rings. The minimum atomic E-state index is -0.00360. The molecule has 1 aliphatic heterocycles. The topological polar surface area (TPSA) is 125 Å². The van der Waals surface area contributed by atoms with Gasteiger partial charge in [0.2, 0.25) is 0 Å². The average Bonchev–Trinajstić information content (AvgIpc) is 3.10. The van der Waals surface area contributed by atoms with Crippen LogP contribution in [0.4, 0.5) is 0 Å². The minimum absolute atomic E-state index is 0.00360. The van der Waals surface area contributed by atoms with Crippen LogP contribution in [-0.2, 0) is 32.4 Å². The van der Waals surface area contributed by atoms with Crippen LogP contribution in [0, 0.1) is 41.5 Å². The molecule has 0 saturated carbocycles. The highest BCUT2D eigenvalue weighted by molar-refractivity contribution is 5.81. The molecule has 7 heteroatoms. The predicted octanol–water partition coefficient (Wildman–Crippen LogP) is 9.82. The second kappa shape index (κ2) is 14.4. The standard InChI is InChI=1S/C48H49NO6/c1-25-8-31-20-33-10-27(3)16-39(45(33)52)41-18-29(5)12-35(47(41)54)22-36-13-30(6)19-42(48(36)55)40-17-28(4)11-34(46(40)53)21-32-9-26(2)15-38(44(32)51)24-49(7)23-37(14-25)43(31)50/h8-19,50-55H,20-24H2,1-7H3. The predicted molar refractivity (Wildman–Crippen MR) is 219 cm³/mol. The monoisotopic (exact) mass is 735 g/mol. The number of nitrogens with zero attached hydrogens (tertiary/aromatic N) is 1. The molecule has 0 radical (unpaired) electrons. The second-order valence-corrected chi connectivity index (χ2v) is 15.8. The molecule has 7 rings (SSSR count). The molecule has 7 nitrogen and oxygen atoms in total. The maximum atomic E-state index is 11.9. The molecule has 1 aliphatic rings. The van der Waals surface area contributed by atoms with E-state index in [0.717, 1.165) is 44.5 Å².